The SMILES string of the molecule is CC1(C)N=NC2(O1)N(c1ccc(Br)cc1)C(=O)C2(c1ccccc1)c1ccccc1. The fourth-order valence-corrected chi connectivity index (χ4v) is 4.69. The molecule has 0 N–H and O–H groups in total. The summed E-state index contributed by atoms with van der Waals surface area (Å²) in [5.74, 6) is -1.41. The molecule has 3 aromatic carbocycles. The molecular weight excluding hydrogens is 442 g/mol. The standard InChI is InChI=1S/C24H20BrN3O2/c1-22(2)26-27-24(30-22)23(17-9-5-3-6-10-17,18-11-7-4-8-12-18)21(29)28(24)20-15-13-19(25)14-16-20/h3-16H,1-2H3. The van der Waals surface area contributed by atoms with Crippen molar-refractivity contribution in [2.75, 3.05) is 4.90 Å². The van der Waals surface area contributed by atoms with Gasteiger partial charge in [0.2, 0.25) is 0 Å². The number of nitrogens with zero attached hydrogens (tertiary/aromatic N) is 3. The van der Waals surface area contributed by atoms with Crippen LogP contribution >= 0.6 is 15.9 Å². The Morgan fingerprint density at radius 1 is 0.800 bits per heavy atom. The number of benzene rings is 3. The Hall–Kier alpha value is -2.83. The lowest BCUT2D eigenvalue weighted by molar-refractivity contribution is -0.183. The maximum absolute atomic E-state index is 14.1. The lowest BCUT2D eigenvalue weighted by Gasteiger charge is -2.59. The van der Waals surface area contributed by atoms with Crippen molar-refractivity contribution in [3.63, 3.8) is 0 Å². The first-order valence-electron chi connectivity index (χ1n) is 9.76. The van der Waals surface area contributed by atoms with Crippen molar-refractivity contribution in [1.29, 1.82) is 0 Å². The van der Waals surface area contributed by atoms with Gasteiger partial charge in [-0.3, -0.25) is 9.69 Å². The minimum Gasteiger partial charge on any atom is -0.304 e. The van der Waals surface area contributed by atoms with Crippen LogP contribution in [0.1, 0.15) is 25.0 Å². The van der Waals surface area contributed by atoms with E-state index in [0.29, 0.717) is 5.69 Å². The minimum atomic E-state index is -1.32. The summed E-state index contributed by atoms with van der Waals surface area (Å²) in [6.45, 7) is 3.71. The van der Waals surface area contributed by atoms with Crippen LogP contribution in [0.4, 0.5) is 5.69 Å². The summed E-state index contributed by atoms with van der Waals surface area (Å²) in [4.78, 5) is 15.7. The molecule has 30 heavy (non-hydrogen) atoms. The van der Waals surface area contributed by atoms with Gasteiger partial charge in [0.1, 0.15) is 0 Å². The molecule has 5 nitrogen and oxygen atoms in total. The summed E-state index contributed by atoms with van der Waals surface area (Å²) in [5.41, 5.74) is 0.364. The van der Waals surface area contributed by atoms with Crippen molar-refractivity contribution in [2.24, 2.45) is 10.2 Å². The molecule has 2 heterocycles. The number of carbonyl (C=O) groups is 1. The summed E-state index contributed by atoms with van der Waals surface area (Å²) < 4.78 is 7.46. The molecule has 1 unspecified atom stereocenters. The molecule has 5 rings (SSSR count). The number of amides is 1. The largest absolute Gasteiger partial charge is 0.304 e. The van der Waals surface area contributed by atoms with E-state index in [1.807, 2.05) is 98.8 Å². The highest BCUT2D eigenvalue weighted by Gasteiger charge is 2.78. The third-order valence-electron chi connectivity index (χ3n) is 5.63. The molecule has 0 saturated carbocycles. The lowest BCUT2D eigenvalue weighted by atomic mass is 9.62. The van der Waals surface area contributed by atoms with Gasteiger partial charge in [0.25, 0.3) is 11.8 Å². The van der Waals surface area contributed by atoms with Gasteiger partial charge in [-0.05, 0) is 49.2 Å². The van der Waals surface area contributed by atoms with E-state index >= 15 is 0 Å². The van der Waals surface area contributed by atoms with Crippen LogP contribution in [-0.2, 0) is 14.9 Å². The molecule has 6 heteroatoms. The number of anilines is 1. The van der Waals surface area contributed by atoms with Crippen LogP contribution in [0.15, 0.2) is 99.6 Å². The third-order valence-corrected chi connectivity index (χ3v) is 6.16. The summed E-state index contributed by atoms with van der Waals surface area (Å²) in [5, 5.41) is 9.08. The second-order valence-electron chi connectivity index (χ2n) is 7.96. The number of β-lactam (4-membered cyclic amide) rings is 1. The maximum atomic E-state index is 14.1. The fraction of sp³-hybridized carbons (Fsp3) is 0.208. The third kappa shape index (κ3) is 2.47. The number of ether oxygens (including phenoxy) is 1. The Kier molecular flexibility index (Phi) is 4.21. The van der Waals surface area contributed by atoms with Gasteiger partial charge in [-0.15, -0.1) is 5.11 Å². The van der Waals surface area contributed by atoms with Crippen LogP contribution in [0, 0.1) is 0 Å². The van der Waals surface area contributed by atoms with Crippen molar-refractivity contribution in [3.05, 3.63) is 101 Å². The molecule has 0 aromatic heterocycles. The molecule has 150 valence electrons. The molecule has 2 aliphatic rings. The van der Waals surface area contributed by atoms with E-state index in [1.165, 1.54) is 0 Å². The van der Waals surface area contributed by atoms with Crippen LogP contribution in [0.5, 0.6) is 0 Å². The fourth-order valence-electron chi connectivity index (χ4n) is 4.43. The molecule has 2 aliphatic heterocycles. The molecule has 0 aliphatic carbocycles. The quantitative estimate of drug-likeness (QED) is 0.472. The second kappa shape index (κ2) is 6.59. The lowest BCUT2D eigenvalue weighted by Crippen LogP contribution is -2.81. The Morgan fingerprint density at radius 3 is 1.80 bits per heavy atom. The molecule has 0 radical (unpaired) electrons. The van der Waals surface area contributed by atoms with Gasteiger partial charge in [-0.25, -0.2) is 0 Å². The van der Waals surface area contributed by atoms with Gasteiger partial charge < -0.3 is 4.74 Å². The van der Waals surface area contributed by atoms with Gasteiger partial charge in [-0.1, -0.05) is 76.6 Å². The average Bonchev–Trinajstić information content (AvgIpc) is 3.09. The normalized spacial score (nSPS) is 23.6. The summed E-state index contributed by atoms with van der Waals surface area (Å²) in [6.07, 6.45) is 0. The monoisotopic (exact) mass is 461 g/mol. The van der Waals surface area contributed by atoms with Crippen molar-refractivity contribution in [1.82, 2.24) is 0 Å². The van der Waals surface area contributed by atoms with Crippen LogP contribution < -0.4 is 4.90 Å². The first kappa shape index (κ1) is 19.2. The molecule has 1 fully saturated rings. The molecular formula is C24H20BrN3O2. The average molecular weight is 462 g/mol. The predicted octanol–water partition coefficient (Wildman–Crippen LogP) is 5.65. The Balaban J connectivity index is 1.79. The van der Waals surface area contributed by atoms with E-state index in [4.69, 9.17) is 4.74 Å². The highest BCUT2D eigenvalue weighted by atomic mass is 79.9. The number of rotatable bonds is 3. The van der Waals surface area contributed by atoms with Gasteiger partial charge in [0.15, 0.2) is 11.1 Å². The van der Waals surface area contributed by atoms with Gasteiger partial charge in [-0.2, -0.15) is 5.11 Å². The number of azo groups is 1. The van der Waals surface area contributed by atoms with Crippen LogP contribution in [-0.4, -0.2) is 17.5 Å². The van der Waals surface area contributed by atoms with Crippen LogP contribution in [0.3, 0.4) is 0 Å². The smallest absolute Gasteiger partial charge is 0.289 e. The first-order valence-corrected chi connectivity index (χ1v) is 10.6. The second-order valence-corrected chi connectivity index (χ2v) is 8.87. The number of hydrogen-bond donors (Lipinski definition) is 0. The van der Waals surface area contributed by atoms with Gasteiger partial charge in [0, 0.05) is 10.2 Å². The van der Waals surface area contributed by atoms with E-state index in [9.17, 15) is 4.79 Å². The van der Waals surface area contributed by atoms with E-state index in [2.05, 4.69) is 26.2 Å². The van der Waals surface area contributed by atoms with E-state index in [0.717, 1.165) is 15.6 Å². The topological polar surface area (TPSA) is 54.3 Å². The minimum absolute atomic E-state index is 0.0983. The number of halogens is 1. The summed E-state index contributed by atoms with van der Waals surface area (Å²) >= 11 is 3.46. The van der Waals surface area contributed by atoms with Crippen LogP contribution in [0.25, 0.3) is 0 Å². The molecule has 1 amide bonds. The molecule has 3 aromatic rings. The van der Waals surface area contributed by atoms with Crippen molar-refractivity contribution >= 4 is 27.5 Å². The van der Waals surface area contributed by atoms with E-state index in [-0.39, 0.29) is 5.91 Å². The number of hydrogen-bond acceptors (Lipinski definition) is 4. The molecule has 1 atom stereocenters. The Bertz CT molecular complexity index is 1090. The zero-order chi connectivity index (χ0) is 21.0. The van der Waals surface area contributed by atoms with Crippen molar-refractivity contribution in [2.45, 2.75) is 30.8 Å². The zero-order valence-corrected chi connectivity index (χ0v) is 18.2. The summed E-state index contributed by atoms with van der Waals surface area (Å²) in [6, 6.07) is 27.0. The zero-order valence-electron chi connectivity index (χ0n) is 16.6. The summed E-state index contributed by atoms with van der Waals surface area (Å²) in [7, 11) is 0. The highest BCUT2D eigenvalue weighted by Crippen LogP contribution is 2.60. The van der Waals surface area contributed by atoms with Gasteiger partial charge in [0.05, 0.1) is 0 Å². The molecule has 1 spiro atoms. The van der Waals surface area contributed by atoms with Crippen molar-refractivity contribution < 1.29 is 9.53 Å². The first-order chi connectivity index (χ1) is 14.4. The van der Waals surface area contributed by atoms with E-state index < -0.39 is 17.0 Å². The predicted molar refractivity (Wildman–Crippen MR) is 118 cm³/mol. The van der Waals surface area contributed by atoms with Gasteiger partial charge >= 0.3 is 0 Å². The highest BCUT2D eigenvalue weighted by molar-refractivity contribution is 9.10. The Morgan fingerprint density at radius 2 is 1.33 bits per heavy atom. The molecule has 0 bridgehead atoms. The van der Waals surface area contributed by atoms with Crippen LogP contribution in [0.2, 0.25) is 0 Å². The Labute approximate surface area is 183 Å². The number of carbonyl (C=O) groups excluding carboxylic acids is 1. The van der Waals surface area contributed by atoms with E-state index in [1.54, 1.807) is 4.90 Å². The maximum Gasteiger partial charge on any atom is 0.289 e. The van der Waals surface area contributed by atoms with Crippen molar-refractivity contribution in [3.8, 4) is 0 Å². The molecule has 1 saturated heterocycles.